The fraction of sp³-hybridized carbons (Fsp3) is 0.129. The molecule has 3 aromatic heterocycles. The Morgan fingerprint density at radius 1 is 0.311 bits per heavy atom. The van der Waals surface area contributed by atoms with Gasteiger partial charge >= 0.3 is 23.9 Å². The summed E-state index contributed by atoms with van der Waals surface area (Å²) in [4.78, 5) is 76.9. The first-order valence-electron chi connectivity index (χ1n) is 24.7. The van der Waals surface area contributed by atoms with Crippen LogP contribution in [0.3, 0.4) is 0 Å². The molecule has 0 unspecified atom stereocenters. The van der Waals surface area contributed by atoms with E-state index in [0.29, 0.717) is 22.8 Å². The number of benzene rings is 5. The molecule has 0 saturated carbocycles. The summed E-state index contributed by atoms with van der Waals surface area (Å²) < 4.78 is 24.1. The molecule has 2 N–H and O–H groups in total. The van der Waals surface area contributed by atoms with Gasteiger partial charge in [-0.25, -0.2) is 29.1 Å². The second kappa shape index (κ2) is 18.3. The van der Waals surface area contributed by atoms with E-state index in [4.69, 9.17) is 28.9 Å². The molecule has 5 aromatic carbocycles. The van der Waals surface area contributed by atoms with Crippen LogP contribution in [0.25, 0.3) is 90.9 Å². The Morgan fingerprint density at radius 2 is 0.554 bits per heavy atom. The Morgan fingerprint density at radius 3 is 0.811 bits per heavy atom. The predicted molar refractivity (Wildman–Crippen MR) is 283 cm³/mol. The van der Waals surface area contributed by atoms with E-state index >= 15 is 0 Å². The average Bonchev–Trinajstić information content (AvgIpc) is 4.28. The third kappa shape index (κ3) is 7.79. The van der Waals surface area contributed by atoms with Crippen LogP contribution in [0.5, 0.6) is 0 Å². The first kappa shape index (κ1) is 44.5. The van der Waals surface area contributed by atoms with Gasteiger partial charge in [-0.05, 0) is 105 Å². The van der Waals surface area contributed by atoms with Gasteiger partial charge in [-0.15, -0.1) is 0 Å². The highest BCUT2D eigenvalue weighted by molar-refractivity contribution is 6.11. The zero-order chi connectivity index (χ0) is 49.9. The van der Waals surface area contributed by atoms with Crippen molar-refractivity contribution >= 4 is 70.2 Å². The molecular formula is C62H44N4O8. The highest BCUT2D eigenvalue weighted by atomic mass is 16.5. The van der Waals surface area contributed by atoms with Crippen molar-refractivity contribution in [3.05, 3.63) is 201 Å². The number of carbonyl (C=O) groups is 4. The lowest BCUT2D eigenvalue weighted by atomic mass is 9.96. The molecule has 74 heavy (non-hydrogen) atoms. The smallest absolute Gasteiger partial charge is 0.339 e. The van der Waals surface area contributed by atoms with E-state index < -0.39 is 23.9 Å². The minimum Gasteiger partial charge on any atom is -0.462 e. The van der Waals surface area contributed by atoms with E-state index in [1.807, 2.05) is 121 Å². The van der Waals surface area contributed by atoms with Crippen molar-refractivity contribution in [2.24, 2.45) is 0 Å². The highest BCUT2D eigenvalue weighted by Gasteiger charge is 2.31. The van der Waals surface area contributed by atoms with Gasteiger partial charge in [0.05, 0.1) is 71.5 Å². The van der Waals surface area contributed by atoms with Crippen LogP contribution in [0.2, 0.25) is 0 Å². The number of ether oxygens (including phenoxy) is 4. The van der Waals surface area contributed by atoms with E-state index in [2.05, 4.69) is 34.2 Å². The summed E-state index contributed by atoms with van der Waals surface area (Å²) >= 11 is 0. The van der Waals surface area contributed by atoms with Crippen molar-refractivity contribution in [1.29, 1.82) is 0 Å². The first-order valence-corrected chi connectivity index (χ1v) is 24.7. The molecule has 12 heteroatoms. The number of H-pyrrole nitrogens is 2. The summed E-state index contributed by atoms with van der Waals surface area (Å²) in [7, 11) is 0. The molecule has 4 aliphatic rings. The molecule has 0 fully saturated rings. The van der Waals surface area contributed by atoms with Crippen LogP contribution in [0, 0.1) is 0 Å². The van der Waals surface area contributed by atoms with Crippen LogP contribution in [-0.4, -0.2) is 70.2 Å². The number of nitrogens with zero attached hydrogens (tertiary/aromatic N) is 2. The molecule has 0 radical (unpaired) electrons. The Labute approximate surface area is 424 Å². The number of aromatic amines is 2. The van der Waals surface area contributed by atoms with Gasteiger partial charge in [0.25, 0.3) is 0 Å². The molecular weight excluding hydrogens is 929 g/mol. The normalized spacial score (nSPS) is 15.0. The summed E-state index contributed by atoms with van der Waals surface area (Å²) in [5, 5.41) is 0. The predicted octanol–water partition coefficient (Wildman–Crippen LogP) is 11.9. The number of esters is 4. The van der Waals surface area contributed by atoms with Gasteiger partial charge in [0.2, 0.25) is 0 Å². The molecule has 0 atom stereocenters. The first-order chi connectivity index (χ1) is 36.3. The van der Waals surface area contributed by atoms with E-state index in [-0.39, 0.29) is 74.4 Å². The van der Waals surface area contributed by atoms with Crippen LogP contribution in [-0.2, 0) is 44.6 Å². The molecule has 12 nitrogen and oxygen atoms in total. The minimum absolute atomic E-state index is 0.112. The van der Waals surface area contributed by atoms with Crippen LogP contribution in [0.1, 0.15) is 86.5 Å². The van der Waals surface area contributed by atoms with Crippen LogP contribution in [0.4, 0.5) is 0 Å². The van der Waals surface area contributed by atoms with Gasteiger partial charge in [-0.1, -0.05) is 97.1 Å². The number of aromatic nitrogens is 4. The third-order valence-electron chi connectivity index (χ3n) is 14.4. The molecule has 7 heterocycles. The van der Waals surface area contributed by atoms with Crippen molar-refractivity contribution in [1.82, 2.24) is 19.9 Å². The van der Waals surface area contributed by atoms with Crippen molar-refractivity contribution in [2.75, 3.05) is 26.4 Å². The molecule has 12 bridgehead atoms. The third-order valence-corrected chi connectivity index (χ3v) is 14.4. The van der Waals surface area contributed by atoms with Crippen LogP contribution in [0.15, 0.2) is 133 Å². The topological polar surface area (TPSA) is 163 Å². The van der Waals surface area contributed by atoms with E-state index in [9.17, 15) is 19.2 Å². The maximum atomic E-state index is 14.5. The zero-order valence-electron chi connectivity index (χ0n) is 39.8. The van der Waals surface area contributed by atoms with E-state index in [1.165, 1.54) is 12.1 Å². The Hall–Kier alpha value is -9.42. The zero-order valence-corrected chi connectivity index (χ0v) is 39.8. The highest BCUT2D eigenvalue weighted by Crippen LogP contribution is 2.41. The molecule has 12 rings (SSSR count). The number of nitrogens with one attached hydrogen (secondary N) is 2. The minimum atomic E-state index is -0.893. The van der Waals surface area contributed by atoms with Crippen LogP contribution < -0.4 is 0 Å². The lowest BCUT2D eigenvalue weighted by Crippen LogP contribution is -2.22. The van der Waals surface area contributed by atoms with Crippen molar-refractivity contribution in [3.63, 3.8) is 0 Å². The second-order valence-electron chi connectivity index (χ2n) is 18.6. The number of hydrogen-bond donors (Lipinski definition) is 2. The quantitative estimate of drug-likeness (QED) is 0.110. The number of fused-ring (bicyclic) bond motifs is 18. The van der Waals surface area contributed by atoms with Gasteiger partial charge < -0.3 is 28.9 Å². The number of hydrogen-bond acceptors (Lipinski definition) is 10. The lowest BCUT2D eigenvalue weighted by Gasteiger charge is -2.17. The molecule has 0 saturated heterocycles. The van der Waals surface area contributed by atoms with Gasteiger partial charge in [-0.2, -0.15) is 0 Å². The van der Waals surface area contributed by atoms with E-state index in [1.54, 1.807) is 0 Å². The summed E-state index contributed by atoms with van der Waals surface area (Å²) in [5.74, 6) is -3.57. The average molecular weight is 973 g/mol. The maximum absolute atomic E-state index is 14.5. The Kier molecular flexibility index (Phi) is 11.0. The summed E-state index contributed by atoms with van der Waals surface area (Å²) in [6, 6.07) is 42.5. The Bertz CT molecular complexity index is 3480. The van der Waals surface area contributed by atoms with Crippen molar-refractivity contribution in [2.45, 2.75) is 25.7 Å². The molecule has 0 spiro atoms. The fourth-order valence-corrected chi connectivity index (χ4v) is 10.9. The van der Waals surface area contributed by atoms with Crippen LogP contribution >= 0.6 is 0 Å². The maximum Gasteiger partial charge on any atom is 0.339 e. The van der Waals surface area contributed by atoms with E-state index in [0.717, 1.165) is 88.8 Å². The van der Waals surface area contributed by atoms with Gasteiger partial charge in [-0.3, -0.25) is 0 Å². The van der Waals surface area contributed by atoms with Crippen molar-refractivity contribution < 1.29 is 38.1 Å². The summed E-state index contributed by atoms with van der Waals surface area (Å²) in [6.07, 6.45) is 9.19. The summed E-state index contributed by atoms with van der Waals surface area (Å²) in [5.41, 5.74) is 15.1. The monoisotopic (exact) mass is 972 g/mol. The van der Waals surface area contributed by atoms with Gasteiger partial charge in [0, 0.05) is 70.0 Å². The molecule has 4 aliphatic heterocycles. The standard InChI is InChI=1S/C62H44N4O8/c67-59-43-33-45-46-34-44(43)60(68)72-30-26-36-10-2-6-14-40(36)56-48-18-17-47(63-48)55(39-13-5-1-9-35(39)25-29-71-59)51-21-22-52(65-51)57(41-15-7-3-11-37(41)27-31-73-61(45)69)49-19-20-50(64-49)58(54-24-23-53(56)66-54)42-16-8-4-12-38(42)28-32-74-62(46)70/h1-24,33-34,63-64H,25-32H2. The molecule has 360 valence electrons. The molecule has 0 aliphatic carbocycles. The number of carbonyl (C=O) groups excluding carboxylic acids is 4. The SMILES string of the molecule is O=C1OCCc2ccccc2-c2c3nc(c4c5ccc([nH]5)c5c6nc(c(c7ccc2[nH]7)-c2ccccc2CCOC(=O)c2cc(c(cc21)C(=O)OCCc1ccccc1-4)C(=O)OCCc1ccccc1-5)C=C6)C=C3. The molecule has 8 aromatic rings. The number of rotatable bonds is 0. The second-order valence-corrected chi connectivity index (χ2v) is 18.6. The Balaban J connectivity index is 1.25. The van der Waals surface area contributed by atoms with Gasteiger partial charge in [0.1, 0.15) is 0 Å². The number of cyclic esters (lactones) is 4. The van der Waals surface area contributed by atoms with Crippen molar-refractivity contribution in [3.8, 4) is 44.5 Å². The lowest BCUT2D eigenvalue weighted by molar-refractivity contribution is 0.0446. The molecule has 0 amide bonds. The van der Waals surface area contributed by atoms with Gasteiger partial charge in [0.15, 0.2) is 0 Å². The fourth-order valence-electron chi connectivity index (χ4n) is 10.9. The largest absolute Gasteiger partial charge is 0.462 e. The summed E-state index contributed by atoms with van der Waals surface area (Å²) in [6.45, 7) is -0.447.